The molecule has 154 valence electrons. The molecule has 4 aliphatic rings. The largest absolute Gasteiger partial charge is 0.355 e. The third kappa shape index (κ3) is 4.68. The number of nitrogens with zero attached hydrogens (tertiary/aromatic N) is 3. The van der Waals surface area contributed by atoms with Crippen molar-refractivity contribution in [2.45, 2.75) is 69.9 Å². The van der Waals surface area contributed by atoms with E-state index in [9.17, 15) is 4.79 Å². The van der Waals surface area contributed by atoms with Crippen molar-refractivity contribution in [3.8, 4) is 0 Å². The molecular weight excluding hydrogens is 336 g/mol. The Hall–Kier alpha value is -0.650. The minimum Gasteiger partial charge on any atom is -0.355 e. The van der Waals surface area contributed by atoms with Crippen molar-refractivity contribution in [1.82, 2.24) is 20.0 Å². The number of carbonyl (C=O) groups is 1. The highest BCUT2D eigenvalue weighted by Crippen LogP contribution is 2.42. The second kappa shape index (κ2) is 9.23. The van der Waals surface area contributed by atoms with Crippen molar-refractivity contribution in [3.63, 3.8) is 0 Å². The first-order valence-electron chi connectivity index (χ1n) is 11.7. The van der Waals surface area contributed by atoms with Gasteiger partial charge >= 0.3 is 0 Å². The summed E-state index contributed by atoms with van der Waals surface area (Å²) in [7, 11) is 2.34. The third-order valence-corrected chi connectivity index (χ3v) is 7.78. The van der Waals surface area contributed by atoms with E-state index in [0.717, 1.165) is 37.4 Å². The van der Waals surface area contributed by atoms with Crippen molar-refractivity contribution >= 4 is 5.91 Å². The van der Waals surface area contributed by atoms with Crippen molar-refractivity contribution < 1.29 is 4.79 Å². The van der Waals surface area contributed by atoms with Gasteiger partial charge in [-0.2, -0.15) is 0 Å². The highest BCUT2D eigenvalue weighted by Gasteiger charge is 2.47. The number of piperidine rings is 3. The number of nitrogens with one attached hydrogen (secondary N) is 1. The van der Waals surface area contributed by atoms with Gasteiger partial charge in [0.1, 0.15) is 0 Å². The Morgan fingerprint density at radius 2 is 1.81 bits per heavy atom. The van der Waals surface area contributed by atoms with E-state index in [1.165, 1.54) is 77.7 Å². The zero-order chi connectivity index (χ0) is 18.6. The molecular formula is C22H40N4O. The topological polar surface area (TPSA) is 38.8 Å². The lowest BCUT2D eigenvalue weighted by atomic mass is 9.69. The van der Waals surface area contributed by atoms with E-state index in [4.69, 9.17) is 0 Å². The van der Waals surface area contributed by atoms with Gasteiger partial charge in [-0.3, -0.25) is 9.69 Å². The molecule has 0 aromatic heterocycles. The molecule has 4 atom stereocenters. The molecule has 5 heteroatoms. The van der Waals surface area contributed by atoms with Crippen molar-refractivity contribution in [2.75, 3.05) is 52.9 Å². The maximum atomic E-state index is 12.2. The second-order valence-corrected chi connectivity index (χ2v) is 9.53. The van der Waals surface area contributed by atoms with Crippen molar-refractivity contribution in [3.05, 3.63) is 0 Å². The summed E-state index contributed by atoms with van der Waals surface area (Å²) in [5.74, 6) is 1.98. The second-order valence-electron chi connectivity index (χ2n) is 9.53. The summed E-state index contributed by atoms with van der Waals surface area (Å²) in [5.41, 5.74) is 0. The molecule has 0 radical (unpaired) electrons. The molecule has 4 aliphatic heterocycles. The Morgan fingerprint density at radius 1 is 1.04 bits per heavy atom. The van der Waals surface area contributed by atoms with Gasteiger partial charge in [-0.15, -0.1) is 0 Å². The molecule has 4 saturated heterocycles. The van der Waals surface area contributed by atoms with E-state index in [-0.39, 0.29) is 5.91 Å². The van der Waals surface area contributed by atoms with E-state index < -0.39 is 0 Å². The van der Waals surface area contributed by atoms with Gasteiger partial charge in [0.2, 0.25) is 5.91 Å². The van der Waals surface area contributed by atoms with Gasteiger partial charge in [0.15, 0.2) is 0 Å². The van der Waals surface area contributed by atoms with E-state index in [2.05, 4.69) is 27.1 Å². The smallest absolute Gasteiger partial charge is 0.220 e. The van der Waals surface area contributed by atoms with Crippen LogP contribution in [0.25, 0.3) is 0 Å². The van der Waals surface area contributed by atoms with Crippen LogP contribution in [0.2, 0.25) is 0 Å². The predicted octanol–water partition coefficient (Wildman–Crippen LogP) is 2.17. The zero-order valence-corrected chi connectivity index (χ0v) is 17.4. The first-order chi connectivity index (χ1) is 13.2. The fraction of sp³-hybridized carbons (Fsp3) is 0.955. The number of hydrogen-bond donors (Lipinski definition) is 1. The van der Waals surface area contributed by atoms with Crippen LogP contribution >= 0.6 is 0 Å². The predicted molar refractivity (Wildman–Crippen MR) is 110 cm³/mol. The van der Waals surface area contributed by atoms with E-state index >= 15 is 0 Å². The molecule has 0 aliphatic carbocycles. The van der Waals surface area contributed by atoms with E-state index in [1.54, 1.807) is 0 Å². The molecule has 0 saturated carbocycles. The van der Waals surface area contributed by atoms with Crippen LogP contribution in [0.15, 0.2) is 0 Å². The van der Waals surface area contributed by atoms with Gasteiger partial charge < -0.3 is 15.1 Å². The molecule has 4 fully saturated rings. The number of likely N-dealkylation sites (tertiary alicyclic amines) is 2. The maximum Gasteiger partial charge on any atom is 0.220 e. The SMILES string of the molecule is CN1C[C@@H]2CCCN3CCC[C@@H]([C@H]23)[C@H]1CCCC(=O)NCCN1CCCC1. The van der Waals surface area contributed by atoms with Crippen molar-refractivity contribution in [1.29, 1.82) is 0 Å². The highest BCUT2D eigenvalue weighted by molar-refractivity contribution is 5.75. The minimum atomic E-state index is 0.258. The fourth-order valence-corrected chi connectivity index (χ4v) is 6.56. The highest BCUT2D eigenvalue weighted by atomic mass is 16.1. The quantitative estimate of drug-likeness (QED) is 0.739. The van der Waals surface area contributed by atoms with Crippen LogP contribution in [0.1, 0.15) is 57.8 Å². The van der Waals surface area contributed by atoms with Gasteiger partial charge in [-0.1, -0.05) is 0 Å². The molecule has 0 spiro atoms. The Morgan fingerprint density at radius 3 is 2.63 bits per heavy atom. The average molecular weight is 377 g/mol. The minimum absolute atomic E-state index is 0.258. The molecule has 1 N–H and O–H groups in total. The number of rotatable bonds is 7. The summed E-state index contributed by atoms with van der Waals surface area (Å²) in [6.45, 7) is 8.20. The first-order valence-corrected chi connectivity index (χ1v) is 11.7. The van der Waals surface area contributed by atoms with Gasteiger partial charge in [0.25, 0.3) is 0 Å². The number of amides is 1. The van der Waals surface area contributed by atoms with Crippen LogP contribution in [-0.2, 0) is 4.79 Å². The first kappa shape index (κ1) is 19.7. The molecule has 5 nitrogen and oxygen atoms in total. The van der Waals surface area contributed by atoms with Gasteiger partial charge in [0, 0.05) is 38.1 Å². The Kier molecular flexibility index (Phi) is 6.72. The normalized spacial score (nSPS) is 35.1. The van der Waals surface area contributed by atoms with E-state index in [0.29, 0.717) is 12.5 Å². The lowest BCUT2D eigenvalue weighted by Gasteiger charge is -2.57. The van der Waals surface area contributed by atoms with Crippen LogP contribution in [0, 0.1) is 11.8 Å². The third-order valence-electron chi connectivity index (χ3n) is 7.78. The molecule has 0 unspecified atom stereocenters. The van der Waals surface area contributed by atoms with Crippen LogP contribution in [0.5, 0.6) is 0 Å². The molecule has 27 heavy (non-hydrogen) atoms. The Bertz CT molecular complexity index is 491. The Labute approximate surface area is 165 Å². The summed E-state index contributed by atoms with van der Waals surface area (Å²) in [6, 6.07) is 1.52. The summed E-state index contributed by atoms with van der Waals surface area (Å²) in [4.78, 5) is 20.2. The molecule has 4 rings (SSSR count). The molecule has 0 aromatic rings. The van der Waals surface area contributed by atoms with Gasteiger partial charge in [-0.05, 0) is 96.4 Å². The average Bonchev–Trinajstić information content (AvgIpc) is 3.18. The molecule has 1 amide bonds. The van der Waals surface area contributed by atoms with Crippen molar-refractivity contribution in [2.24, 2.45) is 11.8 Å². The maximum absolute atomic E-state index is 12.2. The van der Waals surface area contributed by atoms with Crippen LogP contribution < -0.4 is 5.32 Å². The lowest BCUT2D eigenvalue weighted by molar-refractivity contribution is -0.121. The number of hydrogen-bond acceptors (Lipinski definition) is 4. The van der Waals surface area contributed by atoms with E-state index in [1.807, 2.05) is 0 Å². The standard InChI is InChI=1S/C22H40N4O/c1-24-17-18-7-5-14-26-15-6-8-19(22(18)26)20(24)9-4-10-21(27)23-11-16-25-12-2-3-13-25/h18-20,22H,2-17H2,1H3,(H,23,27)/t18-,19+,20+,22-/m0/s1. The van der Waals surface area contributed by atoms with Gasteiger partial charge in [0.05, 0.1) is 0 Å². The summed E-state index contributed by atoms with van der Waals surface area (Å²) in [5, 5.41) is 3.14. The fourth-order valence-electron chi connectivity index (χ4n) is 6.56. The molecule has 0 aromatic carbocycles. The zero-order valence-electron chi connectivity index (χ0n) is 17.4. The number of carbonyl (C=O) groups excluding carboxylic acids is 1. The summed E-state index contributed by atoms with van der Waals surface area (Å²) in [6.07, 6.45) is 11.2. The molecule has 4 heterocycles. The monoisotopic (exact) mass is 376 g/mol. The molecule has 0 bridgehead atoms. The summed E-state index contributed by atoms with van der Waals surface area (Å²) >= 11 is 0. The van der Waals surface area contributed by atoms with Crippen LogP contribution in [-0.4, -0.2) is 85.6 Å². The van der Waals surface area contributed by atoms with Gasteiger partial charge in [-0.25, -0.2) is 0 Å². The van der Waals surface area contributed by atoms with Crippen LogP contribution in [0.4, 0.5) is 0 Å². The lowest BCUT2D eigenvalue weighted by Crippen LogP contribution is -2.63. The summed E-state index contributed by atoms with van der Waals surface area (Å²) < 4.78 is 0. The van der Waals surface area contributed by atoms with Crippen LogP contribution in [0.3, 0.4) is 0 Å². The Balaban J connectivity index is 1.21.